The molecule has 6 nitrogen and oxygen atoms in total. The zero-order valence-corrected chi connectivity index (χ0v) is 18.8. The van der Waals surface area contributed by atoms with E-state index in [-0.39, 0.29) is 11.6 Å². The normalized spacial score (nSPS) is 18.8. The largest absolute Gasteiger partial charge is 0.342 e. The number of aromatic nitrogens is 5. The zero-order chi connectivity index (χ0) is 22.4. The van der Waals surface area contributed by atoms with Gasteiger partial charge >= 0.3 is 0 Å². The molecular formula is C27H27N5O. The molecule has 6 heteroatoms. The molecule has 1 aromatic heterocycles. The molecule has 2 aromatic carbocycles. The molecule has 2 atom stereocenters. The van der Waals surface area contributed by atoms with Crippen LogP contribution in [0, 0.1) is 5.92 Å². The molecule has 0 amide bonds. The Morgan fingerprint density at radius 3 is 2.61 bits per heavy atom. The summed E-state index contributed by atoms with van der Waals surface area (Å²) in [5.74, 6) is 0.479. The predicted molar refractivity (Wildman–Crippen MR) is 130 cm³/mol. The Morgan fingerprint density at radius 2 is 1.82 bits per heavy atom. The van der Waals surface area contributed by atoms with Crippen molar-refractivity contribution in [1.29, 1.82) is 0 Å². The number of nitrogens with zero attached hydrogens (tertiary/aromatic N) is 5. The van der Waals surface area contributed by atoms with Gasteiger partial charge in [0.05, 0.1) is 22.8 Å². The average molecular weight is 438 g/mol. The summed E-state index contributed by atoms with van der Waals surface area (Å²) in [5, 5.41) is 10.2. The van der Waals surface area contributed by atoms with Crippen molar-refractivity contribution in [2.24, 2.45) is 5.92 Å². The molecule has 33 heavy (non-hydrogen) atoms. The highest BCUT2D eigenvalue weighted by molar-refractivity contribution is 5.93. The molecule has 1 unspecified atom stereocenters. The fourth-order valence-electron chi connectivity index (χ4n) is 5.28. The minimum absolute atomic E-state index is 0.0392. The van der Waals surface area contributed by atoms with Gasteiger partial charge in [0.1, 0.15) is 5.69 Å². The molecule has 3 aliphatic rings. The molecule has 0 N–H and O–H groups in total. The first kappa shape index (κ1) is 20.0. The number of benzene rings is 2. The molecule has 0 spiro atoms. The molecule has 6 rings (SSSR count). The molecule has 0 bridgehead atoms. The van der Waals surface area contributed by atoms with Crippen LogP contribution in [-0.4, -0.2) is 24.1 Å². The third-order valence-electron chi connectivity index (χ3n) is 7.09. The summed E-state index contributed by atoms with van der Waals surface area (Å²) in [7, 11) is 0. The van der Waals surface area contributed by atoms with E-state index in [1.165, 1.54) is 18.4 Å². The van der Waals surface area contributed by atoms with E-state index in [0.717, 1.165) is 35.1 Å². The maximum Gasteiger partial charge on any atom is 0.278 e. The minimum Gasteiger partial charge on any atom is -0.342 e. The second-order valence-corrected chi connectivity index (χ2v) is 9.23. The van der Waals surface area contributed by atoms with E-state index < -0.39 is 0 Å². The van der Waals surface area contributed by atoms with Crippen molar-refractivity contribution in [3.05, 3.63) is 89.1 Å². The Hall–Kier alpha value is -3.67. The summed E-state index contributed by atoms with van der Waals surface area (Å²) in [6, 6.07) is 18.8. The summed E-state index contributed by atoms with van der Waals surface area (Å²) < 4.78 is 5.81. The molecule has 0 radical (unpaired) electrons. The second kappa shape index (κ2) is 8.03. The molecular weight excluding hydrogens is 410 g/mol. The molecule has 1 fully saturated rings. The third-order valence-corrected chi connectivity index (χ3v) is 7.09. The van der Waals surface area contributed by atoms with Crippen LogP contribution >= 0.6 is 0 Å². The van der Waals surface area contributed by atoms with Crippen LogP contribution in [0.5, 0.6) is 0 Å². The van der Waals surface area contributed by atoms with Crippen LogP contribution in [0.1, 0.15) is 44.2 Å². The van der Waals surface area contributed by atoms with Gasteiger partial charge < -0.3 is 4.57 Å². The van der Waals surface area contributed by atoms with Crippen molar-refractivity contribution in [2.45, 2.75) is 45.2 Å². The number of fused-ring (bicyclic) bond motifs is 3. The van der Waals surface area contributed by atoms with E-state index in [1.54, 1.807) is 10.9 Å². The molecule has 0 saturated heterocycles. The smallest absolute Gasteiger partial charge is 0.278 e. The molecule has 2 aliphatic heterocycles. The molecule has 3 heterocycles. The first-order chi connectivity index (χ1) is 16.2. The van der Waals surface area contributed by atoms with Gasteiger partial charge in [-0.1, -0.05) is 50.1 Å². The van der Waals surface area contributed by atoms with E-state index >= 15 is 0 Å². The van der Waals surface area contributed by atoms with Gasteiger partial charge in [0.15, 0.2) is 0 Å². The first-order valence-corrected chi connectivity index (χ1v) is 11.8. The summed E-state index contributed by atoms with van der Waals surface area (Å²) >= 11 is 0. The number of rotatable bonds is 4. The topological polar surface area (TPSA) is 57.6 Å². The van der Waals surface area contributed by atoms with Crippen molar-refractivity contribution in [1.82, 2.24) is 24.1 Å². The summed E-state index contributed by atoms with van der Waals surface area (Å²) in [6.07, 6.45) is 10.3. The Bertz CT molecular complexity index is 1430. The maximum atomic E-state index is 13.5. The van der Waals surface area contributed by atoms with Gasteiger partial charge in [-0.25, -0.2) is 9.36 Å². The van der Waals surface area contributed by atoms with Crippen molar-refractivity contribution >= 4 is 10.9 Å². The van der Waals surface area contributed by atoms with Crippen LogP contribution < -0.4 is 5.56 Å². The van der Waals surface area contributed by atoms with E-state index in [2.05, 4.69) is 53.0 Å². The van der Waals surface area contributed by atoms with Crippen LogP contribution in [0.4, 0.5) is 0 Å². The molecule has 1 aliphatic carbocycles. The monoisotopic (exact) mass is 437 g/mol. The Labute approximate surface area is 192 Å². The molecule has 166 valence electrons. The number of pyridine rings is 1. The third kappa shape index (κ3) is 3.46. The maximum absolute atomic E-state index is 13.5. The first-order valence-electron chi connectivity index (χ1n) is 11.8. The molecule has 3 aromatic rings. The summed E-state index contributed by atoms with van der Waals surface area (Å²) in [4.78, 5) is 13.5. The lowest BCUT2D eigenvalue weighted by Gasteiger charge is -2.28. The van der Waals surface area contributed by atoms with Crippen LogP contribution in [0.15, 0.2) is 78.0 Å². The lowest BCUT2D eigenvalue weighted by atomic mass is 9.86. The predicted octanol–water partition coefficient (Wildman–Crippen LogP) is 5.29. The Kier molecular flexibility index (Phi) is 4.86. The Balaban J connectivity index is 1.43. The van der Waals surface area contributed by atoms with Crippen molar-refractivity contribution < 1.29 is 0 Å². The van der Waals surface area contributed by atoms with Crippen LogP contribution in [0.2, 0.25) is 0 Å². The van der Waals surface area contributed by atoms with Gasteiger partial charge in [0.2, 0.25) is 0 Å². The number of hydrogen-bond acceptors (Lipinski definition) is 3. The zero-order valence-electron chi connectivity index (χ0n) is 18.8. The van der Waals surface area contributed by atoms with Gasteiger partial charge in [0.25, 0.3) is 5.56 Å². The number of para-hydroxylation sites is 1. The van der Waals surface area contributed by atoms with Gasteiger partial charge in [-0.05, 0) is 48.6 Å². The minimum atomic E-state index is 0.0392. The van der Waals surface area contributed by atoms with Crippen LogP contribution in [-0.2, 0) is 6.54 Å². The quantitative estimate of drug-likeness (QED) is 0.384. The van der Waals surface area contributed by atoms with E-state index in [9.17, 15) is 4.79 Å². The summed E-state index contributed by atoms with van der Waals surface area (Å²) in [5.41, 5.74) is 4.85. The van der Waals surface area contributed by atoms with Crippen molar-refractivity contribution in [3.63, 3.8) is 0 Å². The van der Waals surface area contributed by atoms with Crippen LogP contribution in [0.3, 0.4) is 0 Å². The van der Waals surface area contributed by atoms with Gasteiger partial charge in [-0.3, -0.25) is 4.79 Å². The van der Waals surface area contributed by atoms with Crippen LogP contribution in [0.25, 0.3) is 27.8 Å². The standard InChI is InChI=1S/C27H27N5O/c1-19-7-2-4-9-24(19)32-27(33)23-18-30(25-10-5-3-8-22(25)26(23)29-32)17-20-11-13-21(14-12-20)31-16-6-15-28-31/h3,5-6,8,10-16,18-19,24H,2,4,7,9,17H2,1H3/t19?,24-/m1/s1. The Morgan fingerprint density at radius 1 is 1.00 bits per heavy atom. The fraction of sp³-hybridized carbons (Fsp3) is 0.296. The molecule has 1 saturated carbocycles. The highest BCUT2D eigenvalue weighted by atomic mass is 16.1. The lowest BCUT2D eigenvalue weighted by molar-refractivity contribution is 0.236. The lowest BCUT2D eigenvalue weighted by Crippen LogP contribution is -2.29. The SMILES string of the molecule is CC1CCCC[C@H]1n1nc2c3ccccc3n(Cc3ccc(-n4cccn4)cc3)cc-2c1=O. The highest BCUT2D eigenvalue weighted by Gasteiger charge is 2.29. The number of hydrogen-bond donors (Lipinski definition) is 0. The van der Waals surface area contributed by atoms with Gasteiger partial charge in [-0.15, -0.1) is 0 Å². The van der Waals surface area contributed by atoms with E-state index in [1.807, 2.05) is 35.3 Å². The van der Waals surface area contributed by atoms with Gasteiger partial charge in [0, 0.05) is 30.5 Å². The summed E-state index contributed by atoms with van der Waals surface area (Å²) in [6.45, 7) is 2.93. The van der Waals surface area contributed by atoms with E-state index in [4.69, 9.17) is 5.10 Å². The second-order valence-electron chi connectivity index (χ2n) is 9.23. The fourth-order valence-corrected chi connectivity index (χ4v) is 5.28. The van der Waals surface area contributed by atoms with E-state index in [0.29, 0.717) is 18.0 Å². The van der Waals surface area contributed by atoms with Crippen molar-refractivity contribution in [3.8, 4) is 16.9 Å². The van der Waals surface area contributed by atoms with Crippen molar-refractivity contribution in [2.75, 3.05) is 0 Å². The average Bonchev–Trinajstić information content (AvgIpc) is 3.49. The highest BCUT2D eigenvalue weighted by Crippen LogP contribution is 2.35. The van der Waals surface area contributed by atoms with Gasteiger partial charge in [-0.2, -0.15) is 10.2 Å².